The normalized spacial score (nSPS) is 17.3. The summed E-state index contributed by atoms with van der Waals surface area (Å²) in [5.74, 6) is -2.35. The molecule has 3 heterocycles. The maximum Gasteiger partial charge on any atom is 0.253 e. The van der Waals surface area contributed by atoms with E-state index in [0.717, 1.165) is 34.3 Å². The van der Waals surface area contributed by atoms with Crippen molar-refractivity contribution in [1.29, 1.82) is 0 Å². The first-order chi connectivity index (χ1) is 28.1. The number of fused-ring (bicyclic) bond motifs is 11. The lowest BCUT2D eigenvalue weighted by Crippen LogP contribution is -2.51. The fourth-order valence-electron chi connectivity index (χ4n) is 6.40. The molecule has 0 radical (unpaired) electrons. The summed E-state index contributed by atoms with van der Waals surface area (Å²) < 4.78 is 10.4. The molecule has 16 nitrogen and oxygen atoms in total. The molecule has 3 atom stereocenters. The van der Waals surface area contributed by atoms with E-state index >= 15 is 0 Å². The van der Waals surface area contributed by atoms with Crippen LogP contribution in [0.2, 0.25) is 0 Å². The lowest BCUT2D eigenvalue weighted by atomic mass is 9.81. The highest BCUT2D eigenvalue weighted by molar-refractivity contribution is 7.94. The van der Waals surface area contributed by atoms with Gasteiger partial charge in [-0.05, 0) is 77.8 Å². The first kappa shape index (κ1) is 43.4. The van der Waals surface area contributed by atoms with Gasteiger partial charge in [0.25, 0.3) is 5.91 Å². The van der Waals surface area contributed by atoms with Gasteiger partial charge >= 0.3 is 0 Å². The SMILES string of the molecule is CC(C)C[C@H]1C(=O)N[C@H](C(=O)NCc2ccc(CNC(=O)c3ccc(N=NCc4ccccc4SOOO)nc3)cc2)Cc2ccc(cc2)OCCC[C@@H]1C(=O)NO. The highest BCUT2D eigenvalue weighted by Crippen LogP contribution is 2.27. The molecule has 6 N–H and O–H groups in total. The Hall–Kier alpha value is -5.72. The third-order valence-corrected chi connectivity index (χ3v) is 10.1. The number of pyridine rings is 1. The third-order valence-electron chi connectivity index (χ3n) is 9.41. The average Bonchev–Trinajstić information content (AvgIpc) is 3.24. The number of amides is 4. The Labute approximate surface area is 340 Å². The number of benzene rings is 3. The molecule has 0 unspecified atom stereocenters. The van der Waals surface area contributed by atoms with Crippen molar-refractivity contribution >= 4 is 41.5 Å². The zero-order valence-corrected chi connectivity index (χ0v) is 32.9. The van der Waals surface area contributed by atoms with Gasteiger partial charge in [0.15, 0.2) is 5.82 Å². The predicted molar refractivity (Wildman–Crippen MR) is 212 cm³/mol. The highest BCUT2D eigenvalue weighted by atomic mass is 32.2. The Bertz CT molecular complexity index is 2000. The Morgan fingerprint density at radius 2 is 1.69 bits per heavy atom. The van der Waals surface area contributed by atoms with Gasteiger partial charge in [0.2, 0.25) is 17.7 Å². The van der Waals surface area contributed by atoms with Crippen LogP contribution in [0.1, 0.15) is 65.7 Å². The van der Waals surface area contributed by atoms with Crippen LogP contribution < -0.4 is 26.2 Å². The van der Waals surface area contributed by atoms with Crippen LogP contribution in [0.25, 0.3) is 0 Å². The molecule has 0 spiro atoms. The minimum atomic E-state index is -0.938. The largest absolute Gasteiger partial charge is 0.494 e. The van der Waals surface area contributed by atoms with Crippen LogP contribution >= 0.6 is 12.0 Å². The molecule has 0 saturated heterocycles. The van der Waals surface area contributed by atoms with Crippen molar-refractivity contribution < 1.29 is 43.8 Å². The number of ether oxygens (including phenoxy) is 1. The Kier molecular flexibility index (Phi) is 16.7. The van der Waals surface area contributed by atoms with Crippen LogP contribution in [0.15, 0.2) is 106 Å². The van der Waals surface area contributed by atoms with Gasteiger partial charge in [0.1, 0.15) is 11.8 Å². The van der Waals surface area contributed by atoms with Gasteiger partial charge in [0, 0.05) is 36.5 Å². The van der Waals surface area contributed by atoms with E-state index in [2.05, 4.69) is 40.5 Å². The molecule has 4 amide bonds. The second-order valence-electron chi connectivity index (χ2n) is 14.1. The van der Waals surface area contributed by atoms with Crippen LogP contribution in [0, 0.1) is 17.8 Å². The summed E-state index contributed by atoms with van der Waals surface area (Å²) >= 11 is 0.836. The van der Waals surface area contributed by atoms with E-state index < -0.39 is 35.6 Å². The number of carbonyl (C=O) groups excluding carboxylic acids is 4. The van der Waals surface area contributed by atoms with Crippen LogP contribution in [0.4, 0.5) is 5.82 Å². The van der Waals surface area contributed by atoms with Crippen LogP contribution in [0.5, 0.6) is 5.75 Å². The standard InChI is InChI=1S/C41H47N7O9S/c1-26(2)20-34-33(40(51)48-53)7-5-19-55-32-16-13-27(14-17-32)21-35(46-39(34)50)41(52)44-23-29-11-9-28(10-12-29)22-43-38(49)31-15-18-37(42-24-31)47-45-25-30-6-3-4-8-36(30)58-57-56-54/h3-4,6,8-18,24,26,33-35,53-54H,5,7,19-23,25H2,1-2H3,(H,43,49)(H,44,52)(H,46,50)(H,48,51)/t33-,34+,35-/m0/s1. The molecule has 58 heavy (non-hydrogen) atoms. The van der Waals surface area contributed by atoms with E-state index in [1.165, 1.54) is 6.20 Å². The van der Waals surface area contributed by atoms with E-state index in [0.29, 0.717) is 47.9 Å². The topological polar surface area (TPSA) is 222 Å². The number of rotatable bonds is 15. The summed E-state index contributed by atoms with van der Waals surface area (Å²) in [4.78, 5) is 58.0. The first-order valence-corrected chi connectivity index (χ1v) is 19.5. The molecular formula is C41H47N7O9S. The molecule has 306 valence electrons. The second-order valence-corrected chi connectivity index (χ2v) is 14.8. The smallest absolute Gasteiger partial charge is 0.253 e. The Morgan fingerprint density at radius 3 is 2.36 bits per heavy atom. The summed E-state index contributed by atoms with van der Waals surface area (Å²) in [5.41, 5.74) is 5.32. The number of carbonyl (C=O) groups is 4. The lowest BCUT2D eigenvalue weighted by Gasteiger charge is -2.29. The number of hydrogen-bond donors (Lipinski definition) is 6. The maximum absolute atomic E-state index is 13.8. The first-order valence-electron chi connectivity index (χ1n) is 18.8. The Morgan fingerprint density at radius 1 is 0.966 bits per heavy atom. The summed E-state index contributed by atoms with van der Waals surface area (Å²) in [6, 6.07) is 24.2. The molecule has 0 saturated carbocycles. The number of aromatic nitrogens is 1. The van der Waals surface area contributed by atoms with E-state index in [4.69, 9.17) is 9.99 Å². The summed E-state index contributed by atoms with van der Waals surface area (Å²) in [6.07, 6.45) is 2.79. The number of nitrogens with one attached hydrogen (secondary N) is 4. The van der Waals surface area contributed by atoms with Gasteiger partial charge in [-0.3, -0.25) is 24.4 Å². The van der Waals surface area contributed by atoms with Crippen molar-refractivity contribution in [3.05, 3.63) is 119 Å². The molecule has 6 rings (SSSR count). The van der Waals surface area contributed by atoms with E-state index in [1.54, 1.807) is 41.9 Å². The fourth-order valence-corrected chi connectivity index (χ4v) is 6.88. The van der Waals surface area contributed by atoms with Crippen LogP contribution in [-0.4, -0.2) is 51.7 Å². The molecule has 1 aromatic heterocycles. The third kappa shape index (κ3) is 13.2. The molecular weight excluding hydrogens is 767 g/mol. The van der Waals surface area contributed by atoms with Crippen molar-refractivity contribution in [2.75, 3.05) is 6.61 Å². The maximum atomic E-state index is 13.8. The quantitative estimate of drug-likeness (QED) is 0.0268. The molecule has 2 aliphatic heterocycles. The molecule has 0 fully saturated rings. The Balaban J connectivity index is 1.15. The number of hydroxylamine groups is 1. The van der Waals surface area contributed by atoms with Crippen molar-refractivity contribution in [3.63, 3.8) is 0 Å². The number of azo groups is 1. The molecule has 17 heteroatoms. The monoisotopic (exact) mass is 813 g/mol. The fraction of sp³-hybridized carbons (Fsp3) is 0.341. The average molecular weight is 814 g/mol. The molecule has 3 aromatic carbocycles. The minimum absolute atomic E-state index is 0.0694. The molecule has 0 aliphatic carbocycles. The van der Waals surface area contributed by atoms with Crippen LogP contribution in [-0.2, 0) is 49.8 Å². The van der Waals surface area contributed by atoms with E-state index in [1.807, 2.05) is 62.4 Å². The molecule has 4 aromatic rings. The summed E-state index contributed by atoms with van der Waals surface area (Å²) in [6.45, 7) is 4.90. The predicted octanol–water partition coefficient (Wildman–Crippen LogP) is 6.02. The van der Waals surface area contributed by atoms with Gasteiger partial charge < -0.3 is 20.7 Å². The van der Waals surface area contributed by atoms with Crippen molar-refractivity contribution in [2.24, 2.45) is 28.0 Å². The van der Waals surface area contributed by atoms with Gasteiger partial charge in [-0.15, -0.1) is 9.45 Å². The van der Waals surface area contributed by atoms with E-state index in [9.17, 15) is 24.4 Å². The zero-order chi connectivity index (χ0) is 41.3. The minimum Gasteiger partial charge on any atom is -0.494 e. The van der Waals surface area contributed by atoms with Gasteiger partial charge in [0.05, 0.1) is 36.7 Å². The number of hydrogen-bond acceptors (Lipinski definition) is 13. The highest BCUT2D eigenvalue weighted by Gasteiger charge is 2.36. The van der Waals surface area contributed by atoms with Gasteiger partial charge in [-0.1, -0.05) is 73.5 Å². The van der Waals surface area contributed by atoms with Crippen LogP contribution in [0.3, 0.4) is 0 Å². The zero-order valence-electron chi connectivity index (χ0n) is 32.1. The second kappa shape index (κ2) is 22.3. The molecule has 2 bridgehead atoms. The lowest BCUT2D eigenvalue weighted by molar-refractivity contribution is -0.432. The van der Waals surface area contributed by atoms with E-state index in [-0.39, 0.29) is 37.9 Å². The molecule has 2 aliphatic rings. The summed E-state index contributed by atoms with van der Waals surface area (Å²) in [7, 11) is 0. The van der Waals surface area contributed by atoms with Gasteiger partial charge in [-0.25, -0.2) is 15.7 Å². The van der Waals surface area contributed by atoms with Gasteiger partial charge in [-0.2, -0.15) is 5.11 Å². The van der Waals surface area contributed by atoms with Crippen molar-refractivity contribution in [1.82, 2.24) is 26.4 Å². The number of nitrogens with zero attached hydrogens (tertiary/aromatic N) is 3. The van der Waals surface area contributed by atoms with Crippen molar-refractivity contribution in [2.45, 2.75) is 70.1 Å². The van der Waals surface area contributed by atoms with Crippen molar-refractivity contribution in [3.8, 4) is 5.75 Å². The summed E-state index contributed by atoms with van der Waals surface area (Å²) in [5, 5.41) is 38.6.